The van der Waals surface area contributed by atoms with Crippen molar-refractivity contribution in [2.75, 3.05) is 0 Å². The third kappa shape index (κ3) is 2.53. The first-order valence-corrected chi connectivity index (χ1v) is 8.12. The number of halogens is 1. The Morgan fingerprint density at radius 3 is 2.48 bits per heavy atom. The van der Waals surface area contributed by atoms with E-state index in [9.17, 15) is 4.79 Å². The Morgan fingerprint density at radius 2 is 1.90 bits per heavy atom. The quantitative estimate of drug-likeness (QED) is 0.636. The van der Waals surface area contributed by atoms with Crippen LogP contribution in [0.15, 0.2) is 28.7 Å². The second kappa shape index (κ2) is 5.03. The number of aldehydes is 1. The van der Waals surface area contributed by atoms with Crippen LogP contribution >= 0.6 is 27.3 Å². The van der Waals surface area contributed by atoms with Gasteiger partial charge in [-0.2, -0.15) is 9.61 Å². The second-order valence-corrected chi connectivity index (χ2v) is 7.69. The van der Waals surface area contributed by atoms with Crippen LogP contribution in [0.5, 0.6) is 0 Å². The van der Waals surface area contributed by atoms with E-state index in [4.69, 9.17) is 0 Å². The molecule has 6 heteroatoms. The molecule has 0 atom stereocenters. The lowest BCUT2D eigenvalue weighted by Crippen LogP contribution is -2.11. The number of benzene rings is 1. The van der Waals surface area contributed by atoms with Gasteiger partial charge < -0.3 is 0 Å². The average molecular weight is 364 g/mol. The molecule has 4 nitrogen and oxygen atoms in total. The zero-order valence-corrected chi connectivity index (χ0v) is 14.3. The van der Waals surface area contributed by atoms with Crippen LogP contribution in [0.3, 0.4) is 0 Å². The van der Waals surface area contributed by atoms with Gasteiger partial charge in [-0.1, -0.05) is 60.2 Å². The summed E-state index contributed by atoms with van der Waals surface area (Å²) in [6.07, 6.45) is 0.823. The van der Waals surface area contributed by atoms with Crippen LogP contribution in [-0.4, -0.2) is 20.9 Å². The van der Waals surface area contributed by atoms with E-state index in [2.05, 4.69) is 46.8 Å². The van der Waals surface area contributed by atoms with Crippen molar-refractivity contribution in [3.63, 3.8) is 0 Å². The third-order valence-electron chi connectivity index (χ3n) is 3.11. The Kier molecular flexibility index (Phi) is 3.45. The molecule has 0 aliphatic rings. The fourth-order valence-electron chi connectivity index (χ4n) is 1.99. The number of aromatic nitrogens is 3. The molecule has 0 aliphatic heterocycles. The normalized spacial score (nSPS) is 12.0. The van der Waals surface area contributed by atoms with Crippen molar-refractivity contribution in [3.05, 3.63) is 39.4 Å². The van der Waals surface area contributed by atoms with Crippen molar-refractivity contribution in [1.29, 1.82) is 0 Å². The Labute approximate surface area is 135 Å². The standard InChI is InChI=1S/C15H14BrN3OS/c1-15(2,3)13-18-19-11(8-20)12(17-14(19)21-13)9-4-6-10(16)7-5-9/h4-8H,1-3H3. The number of hydrogen-bond donors (Lipinski definition) is 0. The van der Waals surface area contributed by atoms with Crippen LogP contribution in [0, 0.1) is 0 Å². The van der Waals surface area contributed by atoms with Gasteiger partial charge in [0.2, 0.25) is 4.96 Å². The van der Waals surface area contributed by atoms with Crippen molar-refractivity contribution in [2.24, 2.45) is 0 Å². The molecule has 3 aromatic rings. The van der Waals surface area contributed by atoms with Gasteiger partial charge in [0.25, 0.3) is 0 Å². The van der Waals surface area contributed by atoms with Crippen LogP contribution in [0.1, 0.15) is 36.3 Å². The molecule has 0 bridgehead atoms. The maximum Gasteiger partial charge on any atom is 0.213 e. The summed E-state index contributed by atoms with van der Waals surface area (Å²) in [5.74, 6) is 0. The molecule has 0 aliphatic carbocycles. The number of imidazole rings is 1. The fraction of sp³-hybridized carbons (Fsp3) is 0.267. The smallest absolute Gasteiger partial charge is 0.213 e. The summed E-state index contributed by atoms with van der Waals surface area (Å²) in [5.41, 5.74) is 2.04. The lowest BCUT2D eigenvalue weighted by molar-refractivity contribution is 0.111. The zero-order valence-electron chi connectivity index (χ0n) is 11.9. The Bertz CT molecular complexity index is 812. The van der Waals surface area contributed by atoms with E-state index in [-0.39, 0.29) is 5.41 Å². The highest BCUT2D eigenvalue weighted by Gasteiger charge is 2.23. The lowest BCUT2D eigenvalue weighted by atomic mass is 9.98. The zero-order chi connectivity index (χ0) is 15.2. The van der Waals surface area contributed by atoms with E-state index < -0.39 is 0 Å². The van der Waals surface area contributed by atoms with Crippen LogP contribution in [0.2, 0.25) is 0 Å². The Hall–Kier alpha value is -1.53. The van der Waals surface area contributed by atoms with Gasteiger partial charge in [-0.3, -0.25) is 4.79 Å². The van der Waals surface area contributed by atoms with Gasteiger partial charge in [-0.25, -0.2) is 4.98 Å². The number of fused-ring (bicyclic) bond motifs is 1. The largest absolute Gasteiger partial charge is 0.296 e. The molecule has 0 unspecified atom stereocenters. The summed E-state index contributed by atoms with van der Waals surface area (Å²) in [6, 6.07) is 7.75. The van der Waals surface area contributed by atoms with E-state index in [0.29, 0.717) is 11.4 Å². The summed E-state index contributed by atoms with van der Waals surface area (Å²) in [4.78, 5) is 16.8. The molecule has 3 rings (SSSR count). The van der Waals surface area contributed by atoms with E-state index in [1.54, 1.807) is 4.52 Å². The molecule has 0 saturated carbocycles. The first-order chi connectivity index (χ1) is 9.90. The number of carbonyl (C=O) groups excluding carboxylic acids is 1. The molecule has 21 heavy (non-hydrogen) atoms. The van der Waals surface area contributed by atoms with Crippen molar-refractivity contribution in [2.45, 2.75) is 26.2 Å². The molecular formula is C15H14BrN3OS. The molecule has 0 radical (unpaired) electrons. The highest BCUT2D eigenvalue weighted by atomic mass is 79.9. The predicted molar refractivity (Wildman–Crippen MR) is 88.1 cm³/mol. The topological polar surface area (TPSA) is 47.3 Å². The number of nitrogens with zero attached hydrogens (tertiary/aromatic N) is 3. The minimum Gasteiger partial charge on any atom is -0.296 e. The van der Waals surface area contributed by atoms with Crippen molar-refractivity contribution >= 4 is 38.5 Å². The van der Waals surface area contributed by atoms with Gasteiger partial charge in [0, 0.05) is 15.5 Å². The van der Waals surface area contributed by atoms with E-state index >= 15 is 0 Å². The van der Waals surface area contributed by atoms with Crippen molar-refractivity contribution in [1.82, 2.24) is 14.6 Å². The van der Waals surface area contributed by atoms with Gasteiger partial charge in [0.1, 0.15) is 16.4 Å². The number of rotatable bonds is 2. The van der Waals surface area contributed by atoms with Crippen LogP contribution < -0.4 is 0 Å². The molecule has 0 saturated heterocycles. The highest BCUT2D eigenvalue weighted by Crippen LogP contribution is 2.31. The molecule has 0 N–H and O–H groups in total. The second-order valence-electron chi connectivity index (χ2n) is 5.82. The summed E-state index contributed by atoms with van der Waals surface area (Å²) in [5, 5.41) is 5.52. The van der Waals surface area contributed by atoms with Gasteiger partial charge >= 0.3 is 0 Å². The van der Waals surface area contributed by atoms with E-state index in [1.165, 1.54) is 11.3 Å². The predicted octanol–water partition coefficient (Wildman–Crippen LogP) is 4.33. The van der Waals surface area contributed by atoms with Crippen molar-refractivity contribution in [3.8, 4) is 11.3 Å². The van der Waals surface area contributed by atoms with Crippen molar-refractivity contribution < 1.29 is 4.79 Å². The maximum absolute atomic E-state index is 11.5. The highest BCUT2D eigenvalue weighted by molar-refractivity contribution is 9.10. The number of hydrogen-bond acceptors (Lipinski definition) is 4. The molecule has 108 valence electrons. The van der Waals surface area contributed by atoms with E-state index in [0.717, 1.165) is 26.3 Å². The van der Waals surface area contributed by atoms with Gasteiger partial charge in [0.15, 0.2) is 6.29 Å². The van der Waals surface area contributed by atoms with Gasteiger partial charge in [0.05, 0.1) is 0 Å². The molecule has 0 spiro atoms. The monoisotopic (exact) mass is 363 g/mol. The summed E-state index contributed by atoms with van der Waals surface area (Å²) >= 11 is 4.93. The Balaban J connectivity index is 2.19. The summed E-state index contributed by atoms with van der Waals surface area (Å²) in [7, 11) is 0. The molecular weight excluding hydrogens is 350 g/mol. The Morgan fingerprint density at radius 1 is 1.24 bits per heavy atom. The van der Waals surface area contributed by atoms with Crippen LogP contribution in [-0.2, 0) is 5.41 Å². The van der Waals surface area contributed by atoms with Crippen LogP contribution in [0.4, 0.5) is 0 Å². The molecule has 0 fully saturated rings. The minimum atomic E-state index is -0.0523. The van der Waals surface area contributed by atoms with Crippen LogP contribution in [0.25, 0.3) is 16.2 Å². The molecule has 0 amide bonds. The first-order valence-electron chi connectivity index (χ1n) is 6.51. The number of carbonyl (C=O) groups is 1. The fourth-order valence-corrected chi connectivity index (χ4v) is 3.22. The lowest BCUT2D eigenvalue weighted by Gasteiger charge is -2.12. The maximum atomic E-state index is 11.5. The minimum absolute atomic E-state index is 0.0523. The van der Waals surface area contributed by atoms with Gasteiger partial charge in [-0.15, -0.1) is 0 Å². The van der Waals surface area contributed by atoms with Gasteiger partial charge in [-0.05, 0) is 12.1 Å². The molecule has 1 aromatic carbocycles. The van der Waals surface area contributed by atoms with E-state index in [1.807, 2.05) is 24.3 Å². The summed E-state index contributed by atoms with van der Waals surface area (Å²) in [6.45, 7) is 6.30. The average Bonchev–Trinajstić information content (AvgIpc) is 2.96. The summed E-state index contributed by atoms with van der Waals surface area (Å²) < 4.78 is 2.64. The SMILES string of the molecule is CC(C)(C)c1nn2c(C=O)c(-c3ccc(Br)cc3)nc2s1. The first kappa shape index (κ1) is 14.4. The third-order valence-corrected chi connectivity index (χ3v) is 4.97. The molecule has 2 heterocycles. The molecule has 2 aromatic heterocycles.